The van der Waals surface area contributed by atoms with Gasteiger partial charge in [-0.2, -0.15) is 0 Å². The van der Waals surface area contributed by atoms with Crippen molar-refractivity contribution in [2.45, 2.75) is 55.0 Å². The van der Waals surface area contributed by atoms with Crippen LogP contribution >= 0.6 is 0 Å². The minimum absolute atomic E-state index is 0.0539. The van der Waals surface area contributed by atoms with Gasteiger partial charge in [-0.15, -0.1) is 0 Å². The molecule has 5 nitrogen and oxygen atoms in total. The summed E-state index contributed by atoms with van der Waals surface area (Å²) in [5, 5.41) is 0. The van der Waals surface area contributed by atoms with Crippen LogP contribution in [-0.4, -0.2) is 37.7 Å². The maximum absolute atomic E-state index is 11.7. The van der Waals surface area contributed by atoms with E-state index in [1.807, 2.05) is 30.3 Å². The van der Waals surface area contributed by atoms with Crippen LogP contribution in [0.1, 0.15) is 38.7 Å². The molecule has 0 amide bonds. The van der Waals surface area contributed by atoms with Gasteiger partial charge in [-0.1, -0.05) is 0 Å². The number of carbonyl (C=O) groups is 1. The Morgan fingerprint density at radius 3 is 2.63 bits per heavy atom. The molecule has 2 saturated heterocycles. The quantitative estimate of drug-likeness (QED) is 0.392. The fraction of sp³-hybridized carbons (Fsp3) is 0.667. The summed E-state index contributed by atoms with van der Waals surface area (Å²) in [6.07, 6.45) is 2.98. The Morgan fingerprint density at radius 1 is 1.26 bits per heavy atom. The Hall–Kier alpha value is -0.495. The zero-order chi connectivity index (χ0) is 19.3. The molecular formula is C21H29HgO5. The second kappa shape index (κ2) is 9.81. The van der Waals surface area contributed by atoms with Crippen molar-refractivity contribution in [2.75, 3.05) is 19.8 Å². The van der Waals surface area contributed by atoms with E-state index in [9.17, 15) is 4.79 Å². The van der Waals surface area contributed by atoms with Crippen LogP contribution in [0.2, 0.25) is 3.43 Å². The van der Waals surface area contributed by atoms with E-state index >= 15 is 0 Å². The summed E-state index contributed by atoms with van der Waals surface area (Å²) in [5.74, 6) is -0.120. The Labute approximate surface area is 178 Å². The summed E-state index contributed by atoms with van der Waals surface area (Å²) in [7, 11) is 0. The van der Waals surface area contributed by atoms with Crippen molar-refractivity contribution in [3.05, 3.63) is 35.9 Å². The van der Waals surface area contributed by atoms with Gasteiger partial charge in [0.25, 0.3) is 0 Å². The molecule has 27 heavy (non-hydrogen) atoms. The summed E-state index contributed by atoms with van der Waals surface area (Å²) in [4.78, 5) is 11.7. The number of hydrogen-bond acceptors (Lipinski definition) is 5. The molecule has 0 saturated carbocycles. The summed E-state index contributed by atoms with van der Waals surface area (Å²) in [6.45, 7) is 6.02. The van der Waals surface area contributed by atoms with Crippen LogP contribution in [0.25, 0.3) is 0 Å². The molecule has 3 rings (SSSR count). The maximum atomic E-state index is 11.7. The number of benzene rings is 1. The summed E-state index contributed by atoms with van der Waals surface area (Å²) in [6, 6.07) is 10.1. The fourth-order valence-electron chi connectivity index (χ4n) is 3.99. The van der Waals surface area contributed by atoms with Crippen LogP contribution in [-0.2, 0) is 56.5 Å². The van der Waals surface area contributed by atoms with Gasteiger partial charge >= 0.3 is 178 Å². The molecule has 1 aromatic rings. The van der Waals surface area contributed by atoms with E-state index < -0.39 is 5.79 Å². The molecule has 0 aromatic heterocycles. The topological polar surface area (TPSA) is 54.0 Å². The van der Waals surface area contributed by atoms with Gasteiger partial charge in [-0.3, -0.25) is 0 Å². The normalized spacial score (nSPS) is 33.8. The van der Waals surface area contributed by atoms with Gasteiger partial charge in [0.05, 0.1) is 0 Å². The van der Waals surface area contributed by atoms with Crippen LogP contribution in [0.5, 0.6) is 0 Å². The summed E-state index contributed by atoms with van der Waals surface area (Å²) in [5.41, 5.74) is 1.14. The van der Waals surface area contributed by atoms with E-state index in [-0.39, 0.29) is 21.4 Å². The molecule has 2 aliphatic heterocycles. The first kappa shape index (κ1) is 21.2. The van der Waals surface area contributed by atoms with Gasteiger partial charge in [0, 0.05) is 0 Å². The van der Waals surface area contributed by atoms with E-state index in [1.54, 1.807) is 0 Å². The van der Waals surface area contributed by atoms with E-state index in [4.69, 9.17) is 18.9 Å². The van der Waals surface area contributed by atoms with Crippen molar-refractivity contribution in [3.63, 3.8) is 0 Å². The average molecular weight is 562 g/mol. The number of rotatable bonds is 6. The number of carbonyl (C=O) groups excluding carboxylic acids is 1. The number of ether oxygens (including phenoxy) is 4. The van der Waals surface area contributed by atoms with Crippen LogP contribution in [0.15, 0.2) is 30.3 Å². The number of esters is 1. The molecule has 6 heteroatoms. The molecule has 2 heterocycles. The van der Waals surface area contributed by atoms with E-state index in [0.717, 1.165) is 31.4 Å². The Kier molecular flexibility index (Phi) is 7.71. The average Bonchev–Trinajstić information content (AvgIpc) is 2.68. The van der Waals surface area contributed by atoms with Crippen molar-refractivity contribution in [1.29, 1.82) is 0 Å². The standard InChI is InChI=1S/C21H29O5.Hg/c1-3-17-9-10-21(24-13-17)11-20(26-16(2)22)19(15-25-21)14-23-12-18-7-5-4-6-8-18;/h4-8,11,17,19-20H,3,9-10,12-15H2,1-2H3;/t17-,19+,20+,21-;/m1./s1. The predicted octanol–water partition coefficient (Wildman–Crippen LogP) is 3.65. The molecule has 5 atom stereocenters. The van der Waals surface area contributed by atoms with E-state index in [1.165, 1.54) is 6.92 Å². The third-order valence-corrected chi connectivity index (χ3v) is 9.98. The van der Waals surface area contributed by atoms with Gasteiger partial charge in [-0.05, 0) is 0 Å². The molecule has 0 bridgehead atoms. The number of hydrogen-bond donors (Lipinski definition) is 0. The molecule has 145 valence electrons. The van der Waals surface area contributed by atoms with Gasteiger partial charge in [0.15, 0.2) is 0 Å². The molecule has 0 aliphatic carbocycles. The van der Waals surface area contributed by atoms with E-state index in [2.05, 4.69) is 6.92 Å². The monoisotopic (exact) mass is 563 g/mol. The van der Waals surface area contributed by atoms with Crippen LogP contribution in [0, 0.1) is 11.8 Å². The molecule has 1 aromatic carbocycles. The van der Waals surface area contributed by atoms with Crippen molar-refractivity contribution in [1.82, 2.24) is 0 Å². The first-order valence-corrected chi connectivity index (χ1v) is 13.1. The minimum atomic E-state index is -0.551. The van der Waals surface area contributed by atoms with Crippen molar-refractivity contribution in [2.24, 2.45) is 11.8 Å². The Balaban J connectivity index is 1.62. The zero-order valence-electron chi connectivity index (χ0n) is 16.4. The molecule has 2 fully saturated rings. The van der Waals surface area contributed by atoms with Crippen LogP contribution in [0.4, 0.5) is 0 Å². The first-order chi connectivity index (χ1) is 13.0. The Bertz CT molecular complexity index is 600. The summed E-state index contributed by atoms with van der Waals surface area (Å²) >= 11 is 0.345. The molecule has 0 radical (unpaired) electrons. The second-order valence-corrected chi connectivity index (χ2v) is 11.1. The van der Waals surface area contributed by atoms with Crippen molar-refractivity contribution in [3.8, 4) is 0 Å². The van der Waals surface area contributed by atoms with Crippen molar-refractivity contribution < 1.29 is 49.9 Å². The Morgan fingerprint density at radius 2 is 2.00 bits per heavy atom. The summed E-state index contributed by atoms with van der Waals surface area (Å²) < 4.78 is 24.4. The molecular weight excluding hydrogens is 533 g/mol. The van der Waals surface area contributed by atoms with Gasteiger partial charge in [0.2, 0.25) is 0 Å². The first-order valence-electron chi connectivity index (χ1n) is 9.94. The third kappa shape index (κ3) is 5.31. The molecule has 0 N–H and O–H groups in total. The van der Waals surface area contributed by atoms with Gasteiger partial charge < -0.3 is 0 Å². The molecule has 2 aliphatic rings. The second-order valence-electron chi connectivity index (χ2n) is 7.69. The van der Waals surface area contributed by atoms with E-state index in [0.29, 0.717) is 51.9 Å². The van der Waals surface area contributed by atoms with Crippen molar-refractivity contribution >= 4 is 5.97 Å². The predicted molar refractivity (Wildman–Crippen MR) is 96.5 cm³/mol. The zero-order valence-corrected chi connectivity index (χ0v) is 21.9. The SMILES string of the molecule is CC[C@@H]1CC[C@@]2(OC1)OC[C@H](COCc1ccccc1)[C@@H](OC(C)=O)[C@@H]2[Hg]. The molecule has 1 spiro atoms. The fourth-order valence-corrected chi connectivity index (χ4v) is 7.57. The van der Waals surface area contributed by atoms with Crippen LogP contribution in [0.3, 0.4) is 0 Å². The molecule has 0 unspecified atom stereocenters. The van der Waals surface area contributed by atoms with Gasteiger partial charge in [-0.25, -0.2) is 0 Å². The third-order valence-electron chi connectivity index (χ3n) is 5.76. The van der Waals surface area contributed by atoms with Gasteiger partial charge in [0.1, 0.15) is 0 Å². The van der Waals surface area contributed by atoms with Crippen LogP contribution < -0.4 is 0 Å².